The molecule has 0 aliphatic carbocycles. The Hall–Kier alpha value is -2.34. The van der Waals surface area contributed by atoms with Gasteiger partial charge in [0.2, 0.25) is 0 Å². The molecule has 1 aromatic heterocycles. The minimum atomic E-state index is -0.531. The maximum atomic E-state index is 11.2. The van der Waals surface area contributed by atoms with Gasteiger partial charge in [0.05, 0.1) is 31.6 Å². The first-order chi connectivity index (χ1) is 9.63. The number of methoxy groups -OCH3 is 2. The summed E-state index contributed by atoms with van der Waals surface area (Å²) in [6.07, 6.45) is 2.77. The zero-order valence-electron chi connectivity index (χ0n) is 10.9. The fourth-order valence-corrected chi connectivity index (χ4v) is 1.75. The van der Waals surface area contributed by atoms with E-state index in [-0.39, 0.29) is 5.69 Å². The topological polar surface area (TPSA) is 73.3 Å². The lowest BCUT2D eigenvalue weighted by molar-refractivity contribution is 0.0593. The first-order valence-corrected chi connectivity index (χ1v) is 6.02. The molecule has 1 N–H and O–H groups in total. The lowest BCUT2D eigenvalue weighted by Crippen LogP contribution is -2.05. The Balaban J connectivity index is 2.14. The van der Waals surface area contributed by atoms with Crippen molar-refractivity contribution in [2.24, 2.45) is 0 Å². The van der Waals surface area contributed by atoms with Gasteiger partial charge in [0.15, 0.2) is 5.69 Å². The Labute approximate surface area is 120 Å². The van der Waals surface area contributed by atoms with Gasteiger partial charge in [-0.05, 0) is 18.2 Å². The number of carbonyl (C=O) groups excluding carboxylic acids is 1. The molecule has 0 fully saturated rings. The summed E-state index contributed by atoms with van der Waals surface area (Å²) in [6, 6.07) is 5.23. The monoisotopic (exact) mass is 293 g/mol. The summed E-state index contributed by atoms with van der Waals surface area (Å²) in [5.41, 5.74) is 0.877. The van der Waals surface area contributed by atoms with Crippen molar-refractivity contribution in [3.63, 3.8) is 0 Å². The van der Waals surface area contributed by atoms with Crippen LogP contribution in [0.5, 0.6) is 5.75 Å². The lowest BCUT2D eigenvalue weighted by atomic mass is 10.3. The van der Waals surface area contributed by atoms with Gasteiger partial charge < -0.3 is 14.8 Å². The Morgan fingerprint density at radius 2 is 2.05 bits per heavy atom. The maximum absolute atomic E-state index is 11.2. The molecule has 2 aromatic rings. The van der Waals surface area contributed by atoms with Crippen LogP contribution in [0.3, 0.4) is 0 Å². The molecule has 0 aliphatic rings. The largest absolute Gasteiger partial charge is 0.495 e. The van der Waals surface area contributed by atoms with E-state index in [1.165, 1.54) is 19.5 Å². The molecule has 2 rings (SSSR count). The molecular weight excluding hydrogens is 282 g/mol. The molecule has 0 unspecified atom stereocenters. The molecule has 0 aliphatic heterocycles. The van der Waals surface area contributed by atoms with Gasteiger partial charge in [-0.1, -0.05) is 11.6 Å². The van der Waals surface area contributed by atoms with Gasteiger partial charge in [0.25, 0.3) is 0 Å². The van der Waals surface area contributed by atoms with E-state index in [1.54, 1.807) is 25.3 Å². The van der Waals surface area contributed by atoms with Crippen LogP contribution in [-0.4, -0.2) is 30.2 Å². The summed E-state index contributed by atoms with van der Waals surface area (Å²) in [5, 5.41) is 3.50. The predicted molar refractivity (Wildman–Crippen MR) is 74.7 cm³/mol. The van der Waals surface area contributed by atoms with E-state index in [9.17, 15) is 4.79 Å². The second kappa shape index (κ2) is 6.21. The number of hydrogen-bond donors (Lipinski definition) is 1. The van der Waals surface area contributed by atoms with Gasteiger partial charge >= 0.3 is 5.97 Å². The summed E-state index contributed by atoms with van der Waals surface area (Å²) in [7, 11) is 2.83. The first-order valence-electron chi connectivity index (χ1n) is 5.65. The maximum Gasteiger partial charge on any atom is 0.358 e. The molecule has 0 amide bonds. The summed E-state index contributed by atoms with van der Waals surface area (Å²) in [6.45, 7) is 0. The van der Waals surface area contributed by atoms with E-state index < -0.39 is 5.97 Å². The van der Waals surface area contributed by atoms with E-state index in [4.69, 9.17) is 16.3 Å². The van der Waals surface area contributed by atoms with Crippen LogP contribution < -0.4 is 10.1 Å². The van der Waals surface area contributed by atoms with Crippen LogP contribution in [0.15, 0.2) is 30.6 Å². The van der Waals surface area contributed by atoms with Crippen LogP contribution in [0, 0.1) is 0 Å². The highest BCUT2D eigenvalue weighted by molar-refractivity contribution is 6.32. The first kappa shape index (κ1) is 14.1. The van der Waals surface area contributed by atoms with Crippen LogP contribution in [-0.2, 0) is 4.74 Å². The van der Waals surface area contributed by atoms with E-state index in [0.29, 0.717) is 16.6 Å². The summed E-state index contributed by atoms with van der Waals surface area (Å²) in [5.74, 6) is 0.541. The summed E-state index contributed by atoms with van der Waals surface area (Å²) >= 11 is 6.02. The zero-order valence-corrected chi connectivity index (χ0v) is 11.6. The second-order valence-electron chi connectivity index (χ2n) is 3.75. The number of carbonyl (C=O) groups is 1. The molecule has 0 saturated carbocycles. The van der Waals surface area contributed by atoms with Crippen LogP contribution in [0.2, 0.25) is 5.02 Å². The van der Waals surface area contributed by atoms with Crippen molar-refractivity contribution in [2.75, 3.05) is 19.5 Å². The number of rotatable bonds is 4. The number of nitrogens with zero attached hydrogens (tertiary/aromatic N) is 2. The molecule has 0 radical (unpaired) electrons. The van der Waals surface area contributed by atoms with E-state index in [2.05, 4.69) is 20.0 Å². The molecule has 0 atom stereocenters. The molecule has 1 aromatic carbocycles. The van der Waals surface area contributed by atoms with Crippen LogP contribution in [0.1, 0.15) is 10.5 Å². The smallest absolute Gasteiger partial charge is 0.358 e. The molecule has 0 spiro atoms. The molecule has 0 saturated heterocycles. The van der Waals surface area contributed by atoms with E-state index >= 15 is 0 Å². The molecule has 1 heterocycles. The molecule has 20 heavy (non-hydrogen) atoms. The number of hydrogen-bond acceptors (Lipinski definition) is 6. The number of halogens is 1. The summed E-state index contributed by atoms with van der Waals surface area (Å²) < 4.78 is 9.61. The van der Waals surface area contributed by atoms with Crippen molar-refractivity contribution in [2.45, 2.75) is 0 Å². The fourth-order valence-electron chi connectivity index (χ4n) is 1.49. The Kier molecular flexibility index (Phi) is 4.37. The Bertz CT molecular complexity index is 617. The number of benzene rings is 1. The summed E-state index contributed by atoms with van der Waals surface area (Å²) in [4.78, 5) is 19.2. The third kappa shape index (κ3) is 3.16. The molecule has 7 heteroatoms. The Morgan fingerprint density at radius 1 is 1.25 bits per heavy atom. The van der Waals surface area contributed by atoms with Crippen LogP contribution in [0.4, 0.5) is 11.5 Å². The highest BCUT2D eigenvalue weighted by Gasteiger charge is 2.08. The zero-order chi connectivity index (χ0) is 14.5. The lowest BCUT2D eigenvalue weighted by Gasteiger charge is -2.08. The Morgan fingerprint density at radius 3 is 2.60 bits per heavy atom. The van der Waals surface area contributed by atoms with Crippen molar-refractivity contribution >= 4 is 29.1 Å². The quantitative estimate of drug-likeness (QED) is 0.874. The van der Waals surface area contributed by atoms with Gasteiger partial charge in [0.1, 0.15) is 11.6 Å². The number of ether oxygens (including phenoxy) is 2. The molecule has 6 nitrogen and oxygen atoms in total. The van der Waals surface area contributed by atoms with Gasteiger partial charge in [0, 0.05) is 5.69 Å². The minimum Gasteiger partial charge on any atom is -0.495 e. The fraction of sp³-hybridized carbons (Fsp3) is 0.154. The van der Waals surface area contributed by atoms with Crippen molar-refractivity contribution in [3.05, 3.63) is 41.3 Å². The van der Waals surface area contributed by atoms with Gasteiger partial charge in [-0.25, -0.2) is 14.8 Å². The van der Waals surface area contributed by atoms with Crippen molar-refractivity contribution in [1.29, 1.82) is 0 Å². The predicted octanol–water partition coefficient (Wildman–Crippen LogP) is 2.67. The van der Waals surface area contributed by atoms with Gasteiger partial charge in [-0.2, -0.15) is 0 Å². The molecule has 104 valence electrons. The highest BCUT2D eigenvalue weighted by atomic mass is 35.5. The minimum absolute atomic E-state index is 0.144. The average molecular weight is 294 g/mol. The highest BCUT2D eigenvalue weighted by Crippen LogP contribution is 2.28. The number of nitrogens with one attached hydrogen (secondary N) is 1. The number of esters is 1. The standard InChI is InChI=1S/C13H12ClN3O3/c1-19-11-4-3-8(5-9(11)14)17-12-7-15-10(6-16-12)13(18)20-2/h3-7H,1-2H3,(H,16,17). The number of aromatic nitrogens is 2. The second-order valence-corrected chi connectivity index (χ2v) is 4.16. The van der Waals surface area contributed by atoms with Crippen molar-refractivity contribution in [3.8, 4) is 5.75 Å². The van der Waals surface area contributed by atoms with Crippen LogP contribution in [0.25, 0.3) is 0 Å². The van der Waals surface area contributed by atoms with E-state index in [1.807, 2.05) is 0 Å². The number of anilines is 2. The SMILES string of the molecule is COC(=O)c1cnc(Nc2ccc(OC)c(Cl)c2)cn1. The molecular formula is C13H12ClN3O3. The van der Waals surface area contributed by atoms with Gasteiger partial charge in [-0.3, -0.25) is 0 Å². The third-order valence-corrected chi connectivity index (χ3v) is 2.77. The average Bonchev–Trinajstić information content (AvgIpc) is 2.47. The van der Waals surface area contributed by atoms with Crippen molar-refractivity contribution < 1.29 is 14.3 Å². The normalized spacial score (nSPS) is 9.95. The van der Waals surface area contributed by atoms with E-state index in [0.717, 1.165) is 5.69 Å². The van der Waals surface area contributed by atoms with Crippen molar-refractivity contribution in [1.82, 2.24) is 9.97 Å². The third-order valence-electron chi connectivity index (χ3n) is 2.47. The van der Waals surface area contributed by atoms with Crippen LogP contribution >= 0.6 is 11.6 Å². The molecule has 0 bridgehead atoms. The van der Waals surface area contributed by atoms with Gasteiger partial charge in [-0.15, -0.1) is 0 Å².